The van der Waals surface area contributed by atoms with Crippen molar-refractivity contribution in [1.29, 1.82) is 0 Å². The number of hydrogen-bond donors (Lipinski definition) is 2. The van der Waals surface area contributed by atoms with Gasteiger partial charge in [0.25, 0.3) is 5.91 Å². The molecule has 1 heterocycles. The average molecular weight is 290 g/mol. The third-order valence-corrected chi connectivity index (χ3v) is 3.10. The summed E-state index contributed by atoms with van der Waals surface area (Å²) < 4.78 is 10.4. The normalized spacial score (nSPS) is 10.2. The molecule has 2 rings (SSSR count). The Labute approximate surface area is 122 Å². The molecule has 1 aromatic carbocycles. The summed E-state index contributed by atoms with van der Waals surface area (Å²) in [6.45, 7) is 0.414. The molecule has 0 saturated heterocycles. The molecule has 0 saturated carbocycles. The largest absolute Gasteiger partial charge is 0.493 e. The molecular formula is C14H18N4O3. The third kappa shape index (κ3) is 3.07. The molecule has 112 valence electrons. The van der Waals surface area contributed by atoms with Gasteiger partial charge in [-0.1, -0.05) is 6.07 Å². The summed E-state index contributed by atoms with van der Waals surface area (Å²) in [5.41, 5.74) is 7.22. The van der Waals surface area contributed by atoms with E-state index in [2.05, 4.69) is 10.2 Å². The van der Waals surface area contributed by atoms with E-state index < -0.39 is 0 Å². The number of methoxy groups -OCH3 is 2. The van der Waals surface area contributed by atoms with Crippen LogP contribution in [0, 0.1) is 0 Å². The molecule has 2 aromatic rings. The number of aromatic amines is 1. The lowest BCUT2D eigenvalue weighted by atomic mass is 10.2. The van der Waals surface area contributed by atoms with Crippen LogP contribution in [0.1, 0.15) is 16.1 Å². The summed E-state index contributed by atoms with van der Waals surface area (Å²) in [7, 11) is 4.84. The van der Waals surface area contributed by atoms with E-state index >= 15 is 0 Å². The number of anilines is 1. The number of aromatic nitrogens is 2. The average Bonchev–Trinajstić information content (AvgIpc) is 2.92. The fraction of sp³-hybridized carbons (Fsp3) is 0.286. The second-order valence-corrected chi connectivity index (χ2v) is 4.55. The van der Waals surface area contributed by atoms with Crippen LogP contribution < -0.4 is 15.2 Å². The summed E-state index contributed by atoms with van der Waals surface area (Å²) in [5, 5.41) is 6.35. The van der Waals surface area contributed by atoms with Gasteiger partial charge in [-0.2, -0.15) is 5.10 Å². The lowest BCUT2D eigenvalue weighted by Gasteiger charge is -2.17. The molecule has 0 atom stereocenters. The predicted molar refractivity (Wildman–Crippen MR) is 78.3 cm³/mol. The molecule has 0 fully saturated rings. The molecule has 1 amide bonds. The fourth-order valence-corrected chi connectivity index (χ4v) is 1.98. The second kappa shape index (κ2) is 6.17. The van der Waals surface area contributed by atoms with Crippen LogP contribution in [0.5, 0.6) is 11.5 Å². The van der Waals surface area contributed by atoms with E-state index in [1.807, 2.05) is 12.1 Å². The molecule has 1 aromatic heterocycles. The first kappa shape index (κ1) is 14.7. The van der Waals surface area contributed by atoms with Gasteiger partial charge in [-0.25, -0.2) is 0 Å². The number of nitrogens with zero attached hydrogens (tertiary/aromatic N) is 2. The van der Waals surface area contributed by atoms with Crippen molar-refractivity contribution in [2.45, 2.75) is 6.54 Å². The molecule has 0 aliphatic rings. The standard InChI is InChI=1S/C14H18N4O3/c1-18(14(19)13-10(15)7-16-17-13)8-9-4-5-11(20-2)12(6-9)21-3/h4-7H,8,15H2,1-3H3,(H,16,17). The molecule has 7 nitrogen and oxygen atoms in total. The van der Waals surface area contributed by atoms with Gasteiger partial charge in [0.2, 0.25) is 0 Å². The smallest absolute Gasteiger partial charge is 0.274 e. The van der Waals surface area contributed by atoms with Crippen LogP contribution in [0.25, 0.3) is 0 Å². The molecule has 0 unspecified atom stereocenters. The van der Waals surface area contributed by atoms with Gasteiger partial charge in [0.15, 0.2) is 11.5 Å². The van der Waals surface area contributed by atoms with Gasteiger partial charge in [-0.05, 0) is 17.7 Å². The Kier molecular flexibility index (Phi) is 4.32. The molecule has 0 aliphatic heterocycles. The Hall–Kier alpha value is -2.70. The Morgan fingerprint density at radius 1 is 1.33 bits per heavy atom. The third-order valence-electron chi connectivity index (χ3n) is 3.10. The number of H-pyrrole nitrogens is 1. The number of nitrogens with one attached hydrogen (secondary N) is 1. The minimum absolute atomic E-state index is 0.222. The van der Waals surface area contributed by atoms with Crippen LogP contribution in [-0.4, -0.2) is 42.3 Å². The summed E-state index contributed by atoms with van der Waals surface area (Å²) in [5.74, 6) is 1.05. The number of hydrogen-bond acceptors (Lipinski definition) is 5. The lowest BCUT2D eigenvalue weighted by Crippen LogP contribution is -2.27. The SMILES string of the molecule is COc1ccc(CN(C)C(=O)c2[nH]ncc2N)cc1OC. The number of carbonyl (C=O) groups excluding carboxylic acids is 1. The lowest BCUT2D eigenvalue weighted by molar-refractivity contribution is 0.0780. The number of nitrogen functional groups attached to an aromatic ring is 1. The Balaban J connectivity index is 2.14. The van der Waals surface area contributed by atoms with Crippen LogP contribution in [0.4, 0.5) is 5.69 Å². The zero-order chi connectivity index (χ0) is 15.4. The number of amides is 1. The Morgan fingerprint density at radius 3 is 2.62 bits per heavy atom. The van der Waals surface area contributed by atoms with E-state index in [0.717, 1.165) is 5.56 Å². The van der Waals surface area contributed by atoms with E-state index in [1.165, 1.54) is 6.20 Å². The van der Waals surface area contributed by atoms with Crippen LogP contribution in [0.15, 0.2) is 24.4 Å². The van der Waals surface area contributed by atoms with Crippen LogP contribution in [-0.2, 0) is 6.54 Å². The fourth-order valence-electron chi connectivity index (χ4n) is 1.98. The maximum absolute atomic E-state index is 12.2. The van der Waals surface area contributed by atoms with E-state index in [9.17, 15) is 4.79 Å². The zero-order valence-corrected chi connectivity index (χ0v) is 12.2. The van der Waals surface area contributed by atoms with Crippen molar-refractivity contribution in [1.82, 2.24) is 15.1 Å². The zero-order valence-electron chi connectivity index (χ0n) is 12.2. The van der Waals surface area contributed by atoms with Crippen molar-refractivity contribution in [2.24, 2.45) is 0 Å². The van der Waals surface area contributed by atoms with Crippen molar-refractivity contribution >= 4 is 11.6 Å². The maximum atomic E-state index is 12.2. The molecule has 0 aliphatic carbocycles. The molecule has 3 N–H and O–H groups in total. The topological polar surface area (TPSA) is 93.5 Å². The van der Waals surface area contributed by atoms with Crippen molar-refractivity contribution < 1.29 is 14.3 Å². The number of nitrogens with two attached hydrogens (primary N) is 1. The molecule has 0 bridgehead atoms. The highest BCUT2D eigenvalue weighted by molar-refractivity contribution is 5.96. The highest BCUT2D eigenvalue weighted by atomic mass is 16.5. The number of ether oxygens (including phenoxy) is 2. The first-order valence-electron chi connectivity index (χ1n) is 6.32. The van der Waals surface area contributed by atoms with E-state index in [0.29, 0.717) is 23.7 Å². The van der Waals surface area contributed by atoms with Crippen molar-refractivity contribution in [3.05, 3.63) is 35.7 Å². The Morgan fingerprint density at radius 2 is 2.05 bits per heavy atom. The van der Waals surface area contributed by atoms with Crippen molar-refractivity contribution in [3.8, 4) is 11.5 Å². The summed E-state index contributed by atoms with van der Waals surface area (Å²) in [6.07, 6.45) is 1.41. The van der Waals surface area contributed by atoms with Crippen LogP contribution in [0.3, 0.4) is 0 Å². The first-order valence-corrected chi connectivity index (χ1v) is 6.32. The van der Waals surface area contributed by atoms with Gasteiger partial charge < -0.3 is 20.1 Å². The summed E-state index contributed by atoms with van der Waals surface area (Å²) >= 11 is 0. The van der Waals surface area contributed by atoms with Crippen molar-refractivity contribution in [2.75, 3.05) is 27.0 Å². The van der Waals surface area contributed by atoms with Gasteiger partial charge in [0, 0.05) is 13.6 Å². The minimum atomic E-state index is -0.222. The number of rotatable bonds is 5. The highest BCUT2D eigenvalue weighted by Gasteiger charge is 2.17. The van der Waals surface area contributed by atoms with Gasteiger partial charge in [0.1, 0.15) is 5.69 Å². The maximum Gasteiger partial charge on any atom is 0.274 e. The number of carbonyl (C=O) groups is 1. The summed E-state index contributed by atoms with van der Waals surface area (Å²) in [6, 6.07) is 5.51. The van der Waals surface area contributed by atoms with Gasteiger partial charge in [-0.15, -0.1) is 0 Å². The summed E-state index contributed by atoms with van der Waals surface area (Å²) in [4.78, 5) is 13.8. The van der Waals surface area contributed by atoms with Gasteiger partial charge >= 0.3 is 0 Å². The highest BCUT2D eigenvalue weighted by Crippen LogP contribution is 2.28. The Bertz CT molecular complexity index is 639. The first-order chi connectivity index (χ1) is 10.1. The number of benzene rings is 1. The van der Waals surface area contributed by atoms with E-state index in [4.69, 9.17) is 15.2 Å². The second-order valence-electron chi connectivity index (χ2n) is 4.55. The van der Waals surface area contributed by atoms with Crippen molar-refractivity contribution in [3.63, 3.8) is 0 Å². The molecular weight excluding hydrogens is 272 g/mol. The quantitative estimate of drug-likeness (QED) is 0.865. The van der Waals surface area contributed by atoms with E-state index in [1.54, 1.807) is 32.2 Å². The van der Waals surface area contributed by atoms with Gasteiger partial charge in [-0.3, -0.25) is 9.89 Å². The minimum Gasteiger partial charge on any atom is -0.493 e. The van der Waals surface area contributed by atoms with Crippen LogP contribution >= 0.6 is 0 Å². The van der Waals surface area contributed by atoms with E-state index in [-0.39, 0.29) is 11.6 Å². The molecule has 0 radical (unpaired) electrons. The molecule has 7 heteroatoms. The molecule has 21 heavy (non-hydrogen) atoms. The molecule has 0 spiro atoms. The monoisotopic (exact) mass is 290 g/mol. The van der Waals surface area contributed by atoms with Gasteiger partial charge in [0.05, 0.1) is 26.1 Å². The van der Waals surface area contributed by atoms with Crippen LogP contribution in [0.2, 0.25) is 0 Å². The predicted octanol–water partition coefficient (Wildman–Crippen LogP) is 1.28.